The molecule has 4 heterocycles. The van der Waals surface area contributed by atoms with Gasteiger partial charge in [0.15, 0.2) is 6.61 Å². The van der Waals surface area contributed by atoms with Gasteiger partial charge in [-0.3, -0.25) is 9.78 Å². The van der Waals surface area contributed by atoms with Crippen LogP contribution in [-0.4, -0.2) is 34.2 Å². The Hall–Kier alpha value is -3.62. The van der Waals surface area contributed by atoms with Gasteiger partial charge in [-0.05, 0) is 72.9 Å². The van der Waals surface area contributed by atoms with Crippen LogP contribution in [-0.2, 0) is 9.53 Å². The summed E-state index contributed by atoms with van der Waals surface area (Å²) in [5.41, 5.74) is 4.02. The molecule has 1 aliphatic carbocycles. The summed E-state index contributed by atoms with van der Waals surface area (Å²) in [6, 6.07) is 17.2. The van der Waals surface area contributed by atoms with Crippen LogP contribution in [0.25, 0.3) is 17.0 Å². The zero-order chi connectivity index (χ0) is 25.4. The number of esters is 1. The standard InChI is InChI=1S/C29H25N3O3S2/c1-18-15-23(21-9-2-3-11-24(21)30-18)29(34)35-17-26(33)32-28(25-12-6-14-37-25)22-10-4-7-19(27(22)31-32)16-20-8-5-13-36-20/h2-3,5-6,8-9,11-16,22,28H,4,7,10,17H2,1H3/b19-16-/t22-,28+/m0/s1. The molecular formula is C29H25N3O3S2. The van der Waals surface area contributed by atoms with E-state index in [9.17, 15) is 9.59 Å². The maximum atomic E-state index is 13.5. The largest absolute Gasteiger partial charge is 0.452 e. The molecule has 2 aliphatic rings. The van der Waals surface area contributed by atoms with E-state index in [-0.39, 0.29) is 24.5 Å². The van der Waals surface area contributed by atoms with Crippen molar-refractivity contribution in [3.05, 3.63) is 91.9 Å². The summed E-state index contributed by atoms with van der Waals surface area (Å²) < 4.78 is 5.56. The third-order valence-corrected chi connectivity index (χ3v) is 8.60. The average molecular weight is 528 g/mol. The number of hydrazone groups is 1. The molecule has 1 fully saturated rings. The van der Waals surface area contributed by atoms with Crippen molar-refractivity contribution in [1.82, 2.24) is 9.99 Å². The fourth-order valence-electron chi connectivity index (χ4n) is 5.24. The van der Waals surface area contributed by atoms with Crippen LogP contribution in [0.4, 0.5) is 0 Å². The Labute approximate surface area is 222 Å². The fraction of sp³-hybridized carbons (Fsp3) is 0.241. The first kappa shape index (κ1) is 23.8. The number of ether oxygens (including phenoxy) is 1. The lowest BCUT2D eigenvalue weighted by Gasteiger charge is -2.28. The van der Waals surface area contributed by atoms with Crippen LogP contribution in [0.15, 0.2) is 76.0 Å². The molecule has 2 atom stereocenters. The summed E-state index contributed by atoms with van der Waals surface area (Å²) in [7, 11) is 0. The molecule has 8 heteroatoms. The van der Waals surface area contributed by atoms with E-state index in [4.69, 9.17) is 9.84 Å². The quantitative estimate of drug-likeness (QED) is 0.273. The number of allylic oxidation sites excluding steroid dienone is 1. The minimum Gasteiger partial charge on any atom is -0.452 e. The molecule has 186 valence electrons. The molecule has 4 aromatic rings. The van der Waals surface area contributed by atoms with Crippen LogP contribution in [0.2, 0.25) is 0 Å². The molecule has 0 unspecified atom stereocenters. The molecule has 0 spiro atoms. The van der Waals surface area contributed by atoms with Crippen molar-refractivity contribution in [3.8, 4) is 0 Å². The van der Waals surface area contributed by atoms with Gasteiger partial charge >= 0.3 is 5.97 Å². The van der Waals surface area contributed by atoms with Gasteiger partial charge in [-0.1, -0.05) is 30.3 Å². The second-order valence-corrected chi connectivity index (χ2v) is 11.2. The Morgan fingerprint density at radius 1 is 1.11 bits per heavy atom. The number of amides is 1. The van der Waals surface area contributed by atoms with E-state index in [1.165, 1.54) is 10.5 Å². The Kier molecular flexibility index (Phi) is 6.44. The summed E-state index contributed by atoms with van der Waals surface area (Å²) >= 11 is 3.32. The summed E-state index contributed by atoms with van der Waals surface area (Å²) in [6.07, 6.45) is 5.16. The van der Waals surface area contributed by atoms with Crippen LogP contribution in [0.1, 0.15) is 51.1 Å². The first-order valence-corrected chi connectivity index (χ1v) is 14.1. The fourth-order valence-corrected chi connectivity index (χ4v) is 6.79. The van der Waals surface area contributed by atoms with Crippen LogP contribution >= 0.6 is 22.7 Å². The lowest BCUT2D eigenvalue weighted by molar-refractivity contribution is -0.136. The van der Waals surface area contributed by atoms with Crippen molar-refractivity contribution >= 4 is 57.2 Å². The third kappa shape index (κ3) is 4.63. The zero-order valence-corrected chi connectivity index (χ0v) is 21.9. The number of pyridine rings is 1. The maximum Gasteiger partial charge on any atom is 0.339 e. The highest BCUT2D eigenvalue weighted by Gasteiger charge is 2.44. The molecule has 0 saturated heterocycles. The number of hydrogen-bond donors (Lipinski definition) is 0. The van der Waals surface area contributed by atoms with Gasteiger partial charge in [0, 0.05) is 26.8 Å². The first-order chi connectivity index (χ1) is 18.1. The van der Waals surface area contributed by atoms with Crippen LogP contribution in [0.3, 0.4) is 0 Å². The smallest absolute Gasteiger partial charge is 0.339 e. The summed E-state index contributed by atoms with van der Waals surface area (Å²) in [4.78, 5) is 33.3. The predicted molar refractivity (Wildman–Crippen MR) is 148 cm³/mol. The molecule has 1 aromatic carbocycles. The molecule has 0 bridgehead atoms. The number of hydrogen-bond acceptors (Lipinski definition) is 7. The minimum absolute atomic E-state index is 0.130. The Bertz CT molecular complexity index is 1520. The number of carbonyl (C=O) groups is 2. The Morgan fingerprint density at radius 2 is 1.95 bits per heavy atom. The van der Waals surface area contributed by atoms with Gasteiger partial charge < -0.3 is 4.74 Å². The number of para-hydroxylation sites is 1. The number of fused-ring (bicyclic) bond motifs is 2. The average Bonchev–Trinajstić information content (AvgIpc) is 3.68. The lowest BCUT2D eigenvalue weighted by atomic mass is 9.79. The SMILES string of the molecule is Cc1cc(C(=O)OCC(=O)N2N=C3/C(=C\c4cccs4)CCC[C@@H]3[C@@H]2c2cccs2)c2ccccc2n1. The molecule has 0 radical (unpaired) electrons. The zero-order valence-electron chi connectivity index (χ0n) is 20.3. The molecule has 1 saturated carbocycles. The van der Waals surface area contributed by atoms with E-state index in [1.54, 1.807) is 33.7 Å². The van der Waals surface area contributed by atoms with Crippen LogP contribution in [0, 0.1) is 12.8 Å². The van der Waals surface area contributed by atoms with Crippen molar-refractivity contribution in [1.29, 1.82) is 0 Å². The highest BCUT2D eigenvalue weighted by atomic mass is 32.1. The Morgan fingerprint density at radius 3 is 2.76 bits per heavy atom. The molecular weight excluding hydrogens is 502 g/mol. The van der Waals surface area contributed by atoms with Gasteiger partial charge in [0.1, 0.15) is 0 Å². The van der Waals surface area contributed by atoms with Crippen molar-refractivity contribution in [2.24, 2.45) is 11.0 Å². The number of aromatic nitrogens is 1. The number of benzene rings is 1. The van der Waals surface area contributed by atoms with Crippen molar-refractivity contribution < 1.29 is 14.3 Å². The van der Waals surface area contributed by atoms with E-state index in [2.05, 4.69) is 28.6 Å². The van der Waals surface area contributed by atoms with Gasteiger partial charge in [-0.15, -0.1) is 22.7 Å². The molecule has 37 heavy (non-hydrogen) atoms. The predicted octanol–water partition coefficient (Wildman–Crippen LogP) is 6.65. The number of carbonyl (C=O) groups excluding carboxylic acids is 2. The number of aryl methyl sites for hydroxylation is 1. The summed E-state index contributed by atoms with van der Waals surface area (Å²) in [6.45, 7) is 1.47. The van der Waals surface area contributed by atoms with E-state index in [0.29, 0.717) is 10.9 Å². The summed E-state index contributed by atoms with van der Waals surface area (Å²) in [5, 5.41) is 11.2. The highest BCUT2D eigenvalue weighted by Crippen LogP contribution is 2.45. The van der Waals surface area contributed by atoms with Crippen LogP contribution in [0.5, 0.6) is 0 Å². The number of nitrogens with zero attached hydrogens (tertiary/aromatic N) is 3. The summed E-state index contributed by atoms with van der Waals surface area (Å²) in [5.74, 6) is -0.727. The van der Waals surface area contributed by atoms with Gasteiger partial charge in [-0.2, -0.15) is 5.10 Å². The van der Waals surface area contributed by atoms with Crippen molar-refractivity contribution in [2.45, 2.75) is 32.2 Å². The first-order valence-electron chi connectivity index (χ1n) is 12.3. The lowest BCUT2D eigenvalue weighted by Crippen LogP contribution is -2.34. The minimum atomic E-state index is -0.537. The van der Waals surface area contributed by atoms with Gasteiger partial charge in [0.2, 0.25) is 0 Å². The maximum absolute atomic E-state index is 13.5. The topological polar surface area (TPSA) is 71.9 Å². The van der Waals surface area contributed by atoms with E-state index < -0.39 is 5.97 Å². The monoisotopic (exact) mass is 527 g/mol. The van der Waals surface area contributed by atoms with Crippen molar-refractivity contribution in [2.75, 3.05) is 6.61 Å². The molecule has 6 nitrogen and oxygen atoms in total. The van der Waals surface area contributed by atoms with E-state index in [0.717, 1.165) is 41.1 Å². The van der Waals surface area contributed by atoms with Gasteiger partial charge in [-0.25, -0.2) is 9.80 Å². The van der Waals surface area contributed by atoms with Gasteiger partial charge in [0.25, 0.3) is 5.91 Å². The van der Waals surface area contributed by atoms with Crippen LogP contribution < -0.4 is 0 Å². The van der Waals surface area contributed by atoms with Crippen molar-refractivity contribution in [3.63, 3.8) is 0 Å². The number of rotatable bonds is 5. The molecule has 1 aliphatic heterocycles. The van der Waals surface area contributed by atoms with E-state index in [1.807, 2.05) is 48.7 Å². The highest BCUT2D eigenvalue weighted by molar-refractivity contribution is 7.11. The molecule has 0 N–H and O–H groups in total. The normalized spacial score (nSPS) is 20.2. The van der Waals surface area contributed by atoms with E-state index >= 15 is 0 Å². The molecule has 6 rings (SSSR count). The third-order valence-electron chi connectivity index (χ3n) is 6.84. The second kappa shape index (κ2) is 10.0. The molecule has 3 aromatic heterocycles. The second-order valence-electron chi connectivity index (χ2n) is 9.27. The molecule has 1 amide bonds. The number of thiophene rings is 2. The van der Waals surface area contributed by atoms with Gasteiger partial charge in [0.05, 0.1) is 22.8 Å². The Balaban J connectivity index is 1.27.